The van der Waals surface area contributed by atoms with Gasteiger partial charge in [0.15, 0.2) is 16.3 Å². The highest BCUT2D eigenvalue weighted by Crippen LogP contribution is 2.37. The van der Waals surface area contributed by atoms with Gasteiger partial charge in [0.25, 0.3) is 5.91 Å². The molecule has 32 heavy (non-hydrogen) atoms. The lowest BCUT2D eigenvalue weighted by Crippen LogP contribution is -2.42. The van der Waals surface area contributed by atoms with Crippen molar-refractivity contribution in [3.8, 4) is 11.5 Å². The number of hydrogen-bond acceptors (Lipinski definition) is 6. The Bertz CT molecular complexity index is 1350. The summed E-state index contributed by atoms with van der Waals surface area (Å²) in [5.74, 6) is 0.625. The summed E-state index contributed by atoms with van der Waals surface area (Å²) in [6, 6.07) is 12.2. The van der Waals surface area contributed by atoms with Crippen LogP contribution in [0.2, 0.25) is 0 Å². The van der Waals surface area contributed by atoms with E-state index in [4.69, 9.17) is 9.47 Å². The van der Waals surface area contributed by atoms with Crippen LogP contribution in [0.15, 0.2) is 52.4 Å². The predicted molar refractivity (Wildman–Crippen MR) is 120 cm³/mol. The fraction of sp³-hybridized carbons (Fsp3) is 0.364. The minimum atomic E-state index is -3.63. The standard InChI is InChI=1S/C22H23N3O5S2/c1-2-25-17-11-18-19(30-14-29-18)12-20(17)31-22(25)23-21(26)15-7-6-10-24(13-15)32(27,28)16-8-4-3-5-9-16/h3-5,8-9,11-12,15H,2,6-7,10,13-14H2,1H3. The second-order valence-corrected chi connectivity index (χ2v) is 10.7. The van der Waals surface area contributed by atoms with Gasteiger partial charge in [0.05, 0.1) is 21.0 Å². The van der Waals surface area contributed by atoms with Gasteiger partial charge in [-0.2, -0.15) is 9.30 Å². The van der Waals surface area contributed by atoms with Gasteiger partial charge in [-0.1, -0.05) is 29.5 Å². The van der Waals surface area contributed by atoms with Crippen molar-refractivity contribution in [2.24, 2.45) is 10.9 Å². The lowest BCUT2D eigenvalue weighted by Gasteiger charge is -2.30. The molecule has 1 unspecified atom stereocenters. The molecule has 2 aromatic carbocycles. The van der Waals surface area contributed by atoms with Crippen LogP contribution in [-0.2, 0) is 21.4 Å². The van der Waals surface area contributed by atoms with Gasteiger partial charge >= 0.3 is 0 Å². The van der Waals surface area contributed by atoms with E-state index in [1.165, 1.54) is 15.6 Å². The maximum atomic E-state index is 13.1. The Hall–Kier alpha value is -2.69. The van der Waals surface area contributed by atoms with Gasteiger partial charge in [0, 0.05) is 31.8 Å². The van der Waals surface area contributed by atoms with Crippen LogP contribution in [0.4, 0.5) is 0 Å². The monoisotopic (exact) mass is 473 g/mol. The lowest BCUT2D eigenvalue weighted by atomic mass is 9.99. The summed E-state index contributed by atoms with van der Waals surface area (Å²) in [4.78, 5) is 18.3. The normalized spacial score (nSPS) is 19.5. The highest BCUT2D eigenvalue weighted by Gasteiger charge is 2.33. The van der Waals surface area contributed by atoms with Gasteiger partial charge in [0.1, 0.15) is 0 Å². The van der Waals surface area contributed by atoms with Crippen molar-refractivity contribution in [3.63, 3.8) is 0 Å². The summed E-state index contributed by atoms with van der Waals surface area (Å²) in [6.07, 6.45) is 1.25. The number of rotatable bonds is 4. The second-order valence-electron chi connectivity index (χ2n) is 7.77. The Kier molecular flexibility index (Phi) is 5.52. The Balaban J connectivity index is 1.44. The Morgan fingerprint density at radius 1 is 1.19 bits per heavy atom. The lowest BCUT2D eigenvalue weighted by molar-refractivity contribution is -0.122. The highest BCUT2D eigenvalue weighted by atomic mass is 32.2. The third kappa shape index (κ3) is 3.72. The molecular formula is C22H23N3O5S2. The number of nitrogens with zero attached hydrogens (tertiary/aromatic N) is 3. The molecule has 3 heterocycles. The zero-order chi connectivity index (χ0) is 22.3. The van der Waals surface area contributed by atoms with E-state index in [9.17, 15) is 13.2 Å². The fourth-order valence-corrected chi connectivity index (χ4v) is 6.79. The molecule has 10 heteroatoms. The smallest absolute Gasteiger partial charge is 0.252 e. The molecule has 3 aromatic rings. The van der Waals surface area contributed by atoms with Gasteiger partial charge in [-0.15, -0.1) is 0 Å². The van der Waals surface area contributed by atoms with Crippen molar-refractivity contribution >= 4 is 37.5 Å². The molecule has 1 amide bonds. The van der Waals surface area contributed by atoms with Gasteiger partial charge in [-0.05, 0) is 31.9 Å². The van der Waals surface area contributed by atoms with E-state index in [0.29, 0.717) is 42.2 Å². The number of aromatic nitrogens is 1. The number of ether oxygens (including phenoxy) is 2. The third-order valence-electron chi connectivity index (χ3n) is 5.81. The van der Waals surface area contributed by atoms with Gasteiger partial charge in [0.2, 0.25) is 16.8 Å². The van der Waals surface area contributed by atoms with Gasteiger partial charge in [-0.3, -0.25) is 4.79 Å². The van der Waals surface area contributed by atoms with Crippen LogP contribution in [0, 0.1) is 5.92 Å². The van der Waals surface area contributed by atoms with Gasteiger partial charge < -0.3 is 14.0 Å². The average molecular weight is 474 g/mol. The number of amides is 1. The van der Waals surface area contributed by atoms with Crippen LogP contribution in [0.5, 0.6) is 11.5 Å². The first-order chi connectivity index (χ1) is 15.5. The molecule has 1 fully saturated rings. The largest absolute Gasteiger partial charge is 0.454 e. The first-order valence-corrected chi connectivity index (χ1v) is 12.8. The van der Waals surface area contributed by atoms with E-state index in [1.807, 2.05) is 23.6 Å². The van der Waals surface area contributed by atoms with E-state index in [-0.39, 0.29) is 24.1 Å². The minimum absolute atomic E-state index is 0.145. The van der Waals surface area contributed by atoms with Crippen LogP contribution in [-0.4, -0.2) is 43.1 Å². The zero-order valence-corrected chi connectivity index (χ0v) is 19.2. The molecule has 8 nitrogen and oxygen atoms in total. The summed E-state index contributed by atoms with van der Waals surface area (Å²) in [5.41, 5.74) is 0.935. The molecule has 0 saturated carbocycles. The Morgan fingerprint density at radius 3 is 2.69 bits per heavy atom. The van der Waals surface area contributed by atoms with Crippen LogP contribution in [0.25, 0.3) is 10.2 Å². The van der Waals surface area contributed by atoms with E-state index in [2.05, 4.69) is 4.99 Å². The summed E-state index contributed by atoms with van der Waals surface area (Å²) in [6.45, 7) is 3.40. The van der Waals surface area contributed by atoms with E-state index in [1.54, 1.807) is 30.3 Å². The Labute approximate surface area is 189 Å². The first-order valence-electron chi connectivity index (χ1n) is 10.5. The van der Waals surface area contributed by atoms with Crippen LogP contribution in [0.3, 0.4) is 0 Å². The van der Waals surface area contributed by atoms with Crippen molar-refractivity contribution in [1.82, 2.24) is 8.87 Å². The summed E-state index contributed by atoms with van der Waals surface area (Å²) < 4.78 is 41.3. The summed E-state index contributed by atoms with van der Waals surface area (Å²) in [7, 11) is -3.63. The van der Waals surface area contributed by atoms with Crippen LogP contribution in [0.1, 0.15) is 19.8 Å². The molecule has 1 atom stereocenters. The summed E-state index contributed by atoms with van der Waals surface area (Å²) >= 11 is 1.42. The number of piperidine rings is 1. The minimum Gasteiger partial charge on any atom is -0.454 e. The molecule has 0 spiro atoms. The molecule has 2 aliphatic rings. The topological polar surface area (TPSA) is 90.2 Å². The number of aryl methyl sites for hydroxylation is 1. The molecule has 168 valence electrons. The highest BCUT2D eigenvalue weighted by molar-refractivity contribution is 7.89. The maximum Gasteiger partial charge on any atom is 0.252 e. The molecular weight excluding hydrogens is 450 g/mol. The van der Waals surface area contributed by atoms with Crippen molar-refractivity contribution in [2.45, 2.75) is 31.2 Å². The van der Waals surface area contributed by atoms with E-state index >= 15 is 0 Å². The second kappa shape index (κ2) is 8.34. The zero-order valence-electron chi connectivity index (χ0n) is 17.6. The summed E-state index contributed by atoms with van der Waals surface area (Å²) in [5, 5.41) is 0. The number of hydrogen-bond donors (Lipinski definition) is 0. The maximum absolute atomic E-state index is 13.1. The molecule has 2 aliphatic heterocycles. The SMILES string of the molecule is CCn1c(=NC(=O)C2CCCN(S(=O)(=O)c3ccccc3)C2)sc2cc3c(cc21)OCO3. The fourth-order valence-electron chi connectivity index (χ4n) is 4.14. The number of carbonyl (C=O) groups excluding carboxylic acids is 1. The first kappa shape index (κ1) is 21.2. The van der Waals surface area contributed by atoms with Crippen LogP contribution >= 0.6 is 11.3 Å². The predicted octanol–water partition coefficient (Wildman–Crippen LogP) is 2.98. The number of sulfonamides is 1. The van der Waals surface area contributed by atoms with Crippen molar-refractivity contribution in [1.29, 1.82) is 0 Å². The molecule has 0 aliphatic carbocycles. The van der Waals surface area contributed by atoms with Gasteiger partial charge in [-0.25, -0.2) is 8.42 Å². The quantitative estimate of drug-likeness (QED) is 0.581. The third-order valence-corrected chi connectivity index (χ3v) is 8.73. The number of carbonyl (C=O) groups is 1. The number of thiazole rings is 1. The van der Waals surface area contributed by atoms with Crippen molar-refractivity contribution in [2.75, 3.05) is 19.9 Å². The Morgan fingerprint density at radius 2 is 1.94 bits per heavy atom. The van der Waals surface area contributed by atoms with Crippen molar-refractivity contribution in [3.05, 3.63) is 47.3 Å². The molecule has 5 rings (SSSR count). The molecule has 1 saturated heterocycles. The average Bonchev–Trinajstić information content (AvgIpc) is 3.41. The molecule has 0 bridgehead atoms. The van der Waals surface area contributed by atoms with Crippen molar-refractivity contribution < 1.29 is 22.7 Å². The van der Waals surface area contributed by atoms with E-state index < -0.39 is 15.9 Å². The molecule has 0 radical (unpaired) electrons. The number of benzene rings is 2. The molecule has 0 N–H and O–H groups in total. The number of fused-ring (bicyclic) bond motifs is 2. The molecule has 1 aromatic heterocycles. The van der Waals surface area contributed by atoms with E-state index in [0.717, 1.165) is 10.2 Å². The van der Waals surface area contributed by atoms with Crippen LogP contribution < -0.4 is 14.3 Å².